The zero-order chi connectivity index (χ0) is 51.9. The topological polar surface area (TPSA) is 310 Å². The molecular weight excluding hydrogens is 1030 g/mol. The van der Waals surface area contributed by atoms with Crippen LogP contribution >= 0.6 is 34.8 Å². The van der Waals surface area contributed by atoms with Crippen LogP contribution in [0.4, 0.5) is 56.0 Å². The average molecular weight is 1080 g/mol. The van der Waals surface area contributed by atoms with Gasteiger partial charge in [-0.25, -0.2) is 0 Å². The normalized spacial score (nSPS) is 12.0. The van der Waals surface area contributed by atoms with Gasteiger partial charge in [0.05, 0.1) is 79.6 Å². The number of aliphatic hydroxyl groups is 1. The Kier molecular flexibility index (Phi) is 16.9. The summed E-state index contributed by atoms with van der Waals surface area (Å²) in [7, 11) is -4.05. The molecule has 7 aromatic rings. The summed E-state index contributed by atoms with van der Waals surface area (Å²) < 4.78 is 102. The Balaban J connectivity index is 1.37. The van der Waals surface area contributed by atoms with Crippen LogP contribution in [0.3, 0.4) is 0 Å². The van der Waals surface area contributed by atoms with E-state index >= 15 is 0 Å². The fourth-order valence-electron chi connectivity index (χ4n) is 7.46. The first-order valence-corrected chi connectivity index (χ1v) is 27.1. The maximum absolute atomic E-state index is 12.7. The number of nitrogens with zero attached hydrogens (tertiary/aromatic N) is 11. The molecule has 0 aliphatic carbocycles. The Morgan fingerprint density at radius 3 is 1.35 bits per heavy atom. The van der Waals surface area contributed by atoms with Crippen LogP contribution in [-0.2, 0) is 20.2 Å². The number of ether oxygens (including phenoxy) is 4. The van der Waals surface area contributed by atoms with Crippen molar-refractivity contribution in [2.24, 2.45) is 20.5 Å². The van der Waals surface area contributed by atoms with Gasteiger partial charge in [-0.3, -0.25) is 9.11 Å². The Labute approximate surface area is 426 Å². The van der Waals surface area contributed by atoms with Gasteiger partial charge in [-0.2, -0.15) is 40.5 Å². The van der Waals surface area contributed by atoms with Crippen molar-refractivity contribution >= 4 is 133 Å². The third kappa shape index (κ3) is 11.4. The monoisotopic (exact) mass is 1080 g/mol. The second-order valence-corrected chi connectivity index (χ2v) is 20.1. The number of benzene rings is 4. The van der Waals surface area contributed by atoms with Crippen molar-refractivity contribution in [2.45, 2.75) is 42.6 Å². The van der Waals surface area contributed by atoms with Gasteiger partial charge in [0.15, 0.2) is 15.2 Å². The molecule has 7 rings (SSSR count). The van der Waals surface area contributed by atoms with Crippen molar-refractivity contribution in [3.8, 4) is 23.0 Å². The molecule has 0 bridgehead atoms. The summed E-state index contributed by atoms with van der Waals surface area (Å²) in [4.78, 5) is 17.2. The predicted molar refractivity (Wildman–Crippen MR) is 278 cm³/mol. The lowest BCUT2D eigenvalue weighted by molar-refractivity contribution is 0.322. The second-order valence-electron chi connectivity index (χ2n) is 14.8. The number of anilines is 6. The molecule has 29 heteroatoms. The molecule has 0 aliphatic rings. The quantitative estimate of drug-likeness (QED) is 0.0226. The van der Waals surface area contributed by atoms with E-state index in [0.29, 0.717) is 60.4 Å². The number of azo groups is 2. The van der Waals surface area contributed by atoms with Crippen LogP contribution in [0.5, 0.6) is 23.0 Å². The van der Waals surface area contributed by atoms with E-state index in [9.17, 15) is 31.0 Å². The van der Waals surface area contributed by atoms with Crippen LogP contribution in [-0.4, -0.2) is 122 Å². The summed E-state index contributed by atoms with van der Waals surface area (Å²) in [5.74, 6) is 0.922. The summed E-state index contributed by atoms with van der Waals surface area (Å²) in [6, 6.07) is 12.7. The molecule has 0 saturated carbocycles. The number of thioether (sulfide) groups is 1. The van der Waals surface area contributed by atoms with Gasteiger partial charge < -0.3 is 44.5 Å². The number of aromatic nitrogens is 5. The van der Waals surface area contributed by atoms with Crippen molar-refractivity contribution in [3.05, 3.63) is 48.5 Å². The summed E-state index contributed by atoms with van der Waals surface area (Å²) in [6.45, 7) is 10.2. The summed E-state index contributed by atoms with van der Waals surface area (Å²) >= 11 is 2.87. The van der Waals surface area contributed by atoms with Crippen LogP contribution in [0.15, 0.2) is 83.9 Å². The smallest absolute Gasteiger partial charge is 0.299 e. The fourth-order valence-corrected chi connectivity index (χ4v) is 11.3. The highest BCUT2D eigenvalue weighted by Crippen LogP contribution is 2.46. The molecule has 3 heterocycles. The van der Waals surface area contributed by atoms with E-state index in [1.807, 2.05) is 27.7 Å². The van der Waals surface area contributed by atoms with Crippen molar-refractivity contribution < 1.29 is 50.0 Å². The second kappa shape index (κ2) is 22.9. The predicted octanol–water partition coefficient (Wildman–Crippen LogP) is 9.71. The third-order valence-electron chi connectivity index (χ3n) is 10.8. The zero-order valence-electron chi connectivity index (χ0n) is 39.9. The minimum Gasteiger partial charge on any atom is -0.495 e. The maximum Gasteiger partial charge on any atom is 0.299 e. The Morgan fingerprint density at radius 2 is 1.00 bits per heavy atom. The number of nitrogens with one attached hydrogen (secondary N) is 2. The Bertz CT molecular complexity index is 3190. The van der Waals surface area contributed by atoms with Crippen LogP contribution in [0.25, 0.3) is 21.8 Å². The van der Waals surface area contributed by atoms with Gasteiger partial charge in [0.25, 0.3) is 20.2 Å². The van der Waals surface area contributed by atoms with E-state index < -0.39 is 30.0 Å². The molecule has 0 aliphatic heterocycles. The van der Waals surface area contributed by atoms with E-state index in [2.05, 4.69) is 59.6 Å². The van der Waals surface area contributed by atoms with E-state index in [1.54, 1.807) is 24.3 Å². The molecule has 3 aromatic heterocycles. The van der Waals surface area contributed by atoms with Crippen molar-refractivity contribution in [1.82, 2.24) is 23.7 Å². The number of fused-ring (bicyclic) bond motifs is 2. The van der Waals surface area contributed by atoms with Gasteiger partial charge in [0.2, 0.25) is 11.9 Å². The molecule has 5 N–H and O–H groups in total. The van der Waals surface area contributed by atoms with Crippen LogP contribution in [0.2, 0.25) is 0 Å². The molecule has 0 radical (unpaired) electrons. The van der Waals surface area contributed by atoms with Crippen LogP contribution in [0.1, 0.15) is 27.7 Å². The number of aliphatic hydroxyl groups excluding tert-OH is 1. The molecule has 0 saturated heterocycles. The first-order valence-electron chi connectivity index (χ1n) is 21.7. The van der Waals surface area contributed by atoms with E-state index in [0.717, 1.165) is 34.8 Å². The molecule has 24 nitrogen and oxygen atoms in total. The van der Waals surface area contributed by atoms with Crippen LogP contribution in [0, 0.1) is 0 Å². The molecule has 382 valence electrons. The highest BCUT2D eigenvalue weighted by Gasteiger charge is 2.27. The lowest BCUT2D eigenvalue weighted by Crippen LogP contribution is -2.22. The SMILES string of the molecule is CCN(CC)c1cc(Nc2nc(Nc3cc(N(CC)CC)c(OC)cc3N=Nc3snc4ccc(OC)c(S(=O)(=O)O)c34)nc(SCCO)n2)c(N=Nc2snc3ccc(OC)c(S(=O)(=O)O)c23)cc1OC. The van der Waals surface area contributed by atoms with E-state index in [1.165, 1.54) is 52.7 Å². The van der Waals surface area contributed by atoms with Gasteiger partial charge in [-0.05, 0) is 87.2 Å². The third-order valence-corrected chi connectivity index (χ3v) is 14.9. The lowest BCUT2D eigenvalue weighted by atomic mass is 10.2. The highest BCUT2D eigenvalue weighted by atomic mass is 32.2. The van der Waals surface area contributed by atoms with Gasteiger partial charge in [0, 0.05) is 44.1 Å². The molecule has 72 heavy (non-hydrogen) atoms. The van der Waals surface area contributed by atoms with Crippen molar-refractivity contribution in [2.75, 3.05) is 87.4 Å². The first kappa shape index (κ1) is 53.2. The van der Waals surface area contributed by atoms with Gasteiger partial charge in [-0.15, -0.1) is 20.5 Å². The standard InChI is InChI=1S/C43H49N13O11S5/c1-9-55(10-2)29-19-25(27(21-33(29)66-7)49-51-39-35-23(53-69-39)13-15-31(64-5)37(35)71(58,59)60)44-41-46-42(48-43(47-41)68-18-17-57)45-26-20-30(56(11-3)12-4)34(67-8)22-28(26)50-52-40-36-24(54-70-40)14-16-32(65-6)38(36)72(61,62)63/h13-16,19-22,57H,9-12,17-18H2,1-8H3,(H,58,59,60)(H,61,62,63)(H2,44,45,46,47,48). The van der Waals surface area contributed by atoms with Gasteiger partial charge >= 0.3 is 0 Å². The van der Waals surface area contributed by atoms with Crippen molar-refractivity contribution in [3.63, 3.8) is 0 Å². The molecular formula is C43H49N13O11S5. The number of rotatable bonds is 23. The summed E-state index contributed by atoms with van der Waals surface area (Å²) in [5.41, 5.74) is 2.91. The van der Waals surface area contributed by atoms with Gasteiger partial charge in [0.1, 0.15) is 44.2 Å². The Morgan fingerprint density at radius 1 is 0.597 bits per heavy atom. The molecule has 4 aromatic carbocycles. The highest BCUT2D eigenvalue weighted by molar-refractivity contribution is 7.99. The number of hydrogen-bond acceptors (Lipinski definition) is 25. The molecule has 0 unspecified atom stereocenters. The lowest BCUT2D eigenvalue weighted by Gasteiger charge is -2.25. The van der Waals surface area contributed by atoms with Crippen molar-refractivity contribution in [1.29, 1.82) is 0 Å². The minimum absolute atomic E-state index is 0.00986. The fraction of sp³-hybridized carbons (Fsp3) is 0.326. The molecule has 0 atom stereocenters. The Hall–Kier alpha value is -6.60. The number of methoxy groups -OCH3 is 4. The average Bonchev–Trinajstić information content (AvgIpc) is 3.98. The summed E-state index contributed by atoms with van der Waals surface area (Å²) in [5, 5.41) is 34.7. The number of hydrogen-bond donors (Lipinski definition) is 5. The molecule has 0 fully saturated rings. The largest absolute Gasteiger partial charge is 0.495 e. The first-order chi connectivity index (χ1) is 34.5. The van der Waals surface area contributed by atoms with E-state index in [4.69, 9.17) is 23.9 Å². The minimum atomic E-state index is -4.81. The summed E-state index contributed by atoms with van der Waals surface area (Å²) in [6.07, 6.45) is 0. The molecule has 0 amide bonds. The molecule has 0 spiro atoms. The van der Waals surface area contributed by atoms with E-state index in [-0.39, 0.29) is 84.1 Å². The van der Waals surface area contributed by atoms with Crippen LogP contribution < -0.4 is 39.4 Å². The van der Waals surface area contributed by atoms with Gasteiger partial charge in [-0.1, -0.05) is 11.8 Å². The zero-order valence-corrected chi connectivity index (χ0v) is 44.0. The maximum atomic E-state index is 12.7.